The molecule has 2 nitrogen and oxygen atoms in total. The molecule has 0 radical (unpaired) electrons. The van der Waals surface area contributed by atoms with E-state index in [9.17, 15) is 5.26 Å². The summed E-state index contributed by atoms with van der Waals surface area (Å²) in [6.07, 6.45) is 6.53. The van der Waals surface area contributed by atoms with Crippen molar-refractivity contribution in [1.82, 2.24) is 0 Å². The van der Waals surface area contributed by atoms with Gasteiger partial charge in [0.1, 0.15) is 0 Å². The Balaban J connectivity index is 2.53. The van der Waals surface area contributed by atoms with Crippen molar-refractivity contribution < 1.29 is 4.74 Å². The highest BCUT2D eigenvalue weighted by Crippen LogP contribution is 2.43. The van der Waals surface area contributed by atoms with Crippen LogP contribution in [0.15, 0.2) is 0 Å². The standard InChI is InChI=1S/C14H25NO/c1-12-5-7-14(11-15,8-6-12)10-9-13(2,3)16-4/h12H,5-10H2,1-4H3. The molecule has 16 heavy (non-hydrogen) atoms. The zero-order valence-corrected chi connectivity index (χ0v) is 11.2. The van der Waals surface area contributed by atoms with Crippen LogP contribution in [0, 0.1) is 22.7 Å². The molecule has 0 saturated heterocycles. The molecule has 0 aromatic rings. The molecule has 1 aliphatic carbocycles. The van der Waals surface area contributed by atoms with Crippen molar-refractivity contribution >= 4 is 0 Å². The van der Waals surface area contributed by atoms with Gasteiger partial charge in [-0.05, 0) is 58.3 Å². The summed E-state index contributed by atoms with van der Waals surface area (Å²) in [4.78, 5) is 0. The zero-order chi connectivity index (χ0) is 12.2. The summed E-state index contributed by atoms with van der Waals surface area (Å²) >= 11 is 0. The second-order valence-electron chi connectivity index (χ2n) is 6.04. The summed E-state index contributed by atoms with van der Waals surface area (Å²) in [6.45, 7) is 6.49. The average molecular weight is 223 g/mol. The molecule has 0 bridgehead atoms. The summed E-state index contributed by atoms with van der Waals surface area (Å²) in [5.41, 5.74) is -0.158. The predicted octanol–water partition coefficient (Wildman–Crippen LogP) is 3.91. The minimum absolute atomic E-state index is 0.0672. The van der Waals surface area contributed by atoms with E-state index in [2.05, 4.69) is 26.8 Å². The normalized spacial score (nSPS) is 31.1. The van der Waals surface area contributed by atoms with Gasteiger partial charge in [-0.25, -0.2) is 0 Å². The van der Waals surface area contributed by atoms with Gasteiger partial charge >= 0.3 is 0 Å². The summed E-state index contributed by atoms with van der Waals surface area (Å²) < 4.78 is 5.43. The monoisotopic (exact) mass is 223 g/mol. The maximum atomic E-state index is 9.41. The van der Waals surface area contributed by atoms with Gasteiger partial charge in [0.25, 0.3) is 0 Å². The fraction of sp³-hybridized carbons (Fsp3) is 0.929. The van der Waals surface area contributed by atoms with Crippen molar-refractivity contribution in [3.05, 3.63) is 0 Å². The predicted molar refractivity (Wildman–Crippen MR) is 66.0 cm³/mol. The van der Waals surface area contributed by atoms with Gasteiger partial charge in [-0.3, -0.25) is 0 Å². The molecule has 0 unspecified atom stereocenters. The number of ether oxygens (including phenoxy) is 1. The van der Waals surface area contributed by atoms with E-state index in [1.807, 2.05) is 0 Å². The molecule has 0 N–H and O–H groups in total. The largest absolute Gasteiger partial charge is 0.379 e. The highest BCUT2D eigenvalue weighted by atomic mass is 16.5. The molecule has 0 aliphatic heterocycles. The quantitative estimate of drug-likeness (QED) is 0.724. The van der Waals surface area contributed by atoms with E-state index in [4.69, 9.17) is 4.74 Å². The summed E-state index contributed by atoms with van der Waals surface area (Å²) in [6, 6.07) is 2.58. The van der Waals surface area contributed by atoms with E-state index in [1.165, 1.54) is 12.8 Å². The lowest BCUT2D eigenvalue weighted by molar-refractivity contribution is 0.00385. The van der Waals surface area contributed by atoms with Gasteiger partial charge in [-0.1, -0.05) is 6.92 Å². The number of nitriles is 1. The molecule has 2 heteroatoms. The van der Waals surface area contributed by atoms with Crippen molar-refractivity contribution in [1.29, 1.82) is 5.26 Å². The highest BCUT2D eigenvalue weighted by molar-refractivity contribution is 5.01. The van der Waals surface area contributed by atoms with Crippen LogP contribution in [0.4, 0.5) is 0 Å². The number of methoxy groups -OCH3 is 1. The highest BCUT2D eigenvalue weighted by Gasteiger charge is 2.35. The number of hydrogen-bond donors (Lipinski definition) is 0. The third-order valence-electron chi connectivity index (χ3n) is 4.23. The lowest BCUT2D eigenvalue weighted by Gasteiger charge is -2.36. The van der Waals surface area contributed by atoms with E-state index in [1.54, 1.807) is 7.11 Å². The maximum absolute atomic E-state index is 9.41. The second-order valence-corrected chi connectivity index (χ2v) is 6.04. The van der Waals surface area contributed by atoms with E-state index < -0.39 is 0 Å². The van der Waals surface area contributed by atoms with Gasteiger partial charge in [0.05, 0.1) is 17.1 Å². The SMILES string of the molecule is COC(C)(C)CCC1(C#N)CCC(C)CC1. The van der Waals surface area contributed by atoms with Crippen molar-refractivity contribution in [3.63, 3.8) is 0 Å². The minimum atomic E-state index is -0.0904. The first-order valence-electron chi connectivity index (χ1n) is 6.39. The molecule has 0 amide bonds. The third-order valence-corrected chi connectivity index (χ3v) is 4.23. The lowest BCUT2D eigenvalue weighted by Crippen LogP contribution is -2.30. The summed E-state index contributed by atoms with van der Waals surface area (Å²) in [5, 5.41) is 9.41. The van der Waals surface area contributed by atoms with Crippen LogP contribution < -0.4 is 0 Å². The molecule has 0 atom stereocenters. The lowest BCUT2D eigenvalue weighted by atomic mass is 9.68. The molecule has 1 saturated carbocycles. The Hall–Kier alpha value is -0.550. The number of hydrogen-bond acceptors (Lipinski definition) is 2. The topological polar surface area (TPSA) is 33.0 Å². The Morgan fingerprint density at radius 3 is 2.38 bits per heavy atom. The Morgan fingerprint density at radius 1 is 1.38 bits per heavy atom. The van der Waals surface area contributed by atoms with Crippen LogP contribution >= 0.6 is 0 Å². The zero-order valence-electron chi connectivity index (χ0n) is 11.2. The van der Waals surface area contributed by atoms with Crippen LogP contribution in [0.5, 0.6) is 0 Å². The maximum Gasteiger partial charge on any atom is 0.0689 e. The van der Waals surface area contributed by atoms with Gasteiger partial charge in [-0.2, -0.15) is 5.26 Å². The van der Waals surface area contributed by atoms with Crippen molar-refractivity contribution in [3.8, 4) is 6.07 Å². The molecule has 92 valence electrons. The first-order valence-corrected chi connectivity index (χ1v) is 6.39. The minimum Gasteiger partial charge on any atom is -0.379 e. The molecule has 1 aliphatic rings. The van der Waals surface area contributed by atoms with Crippen LogP contribution in [0.2, 0.25) is 0 Å². The molecule has 0 heterocycles. The van der Waals surface area contributed by atoms with Gasteiger partial charge < -0.3 is 4.74 Å². The molecular weight excluding hydrogens is 198 g/mol. The average Bonchev–Trinajstić information content (AvgIpc) is 2.29. The molecular formula is C14H25NO. The molecule has 1 fully saturated rings. The first-order chi connectivity index (χ1) is 7.43. The van der Waals surface area contributed by atoms with Crippen LogP contribution in [0.25, 0.3) is 0 Å². The van der Waals surface area contributed by atoms with Crippen LogP contribution in [-0.2, 0) is 4.74 Å². The van der Waals surface area contributed by atoms with Crippen molar-refractivity contribution in [2.45, 2.75) is 64.9 Å². The molecule has 0 aromatic heterocycles. The van der Waals surface area contributed by atoms with E-state index in [-0.39, 0.29) is 11.0 Å². The van der Waals surface area contributed by atoms with E-state index >= 15 is 0 Å². The van der Waals surface area contributed by atoms with Crippen LogP contribution in [0.1, 0.15) is 59.3 Å². The Kier molecular flexibility index (Phi) is 4.38. The fourth-order valence-corrected chi connectivity index (χ4v) is 2.37. The van der Waals surface area contributed by atoms with Crippen LogP contribution in [0.3, 0.4) is 0 Å². The second kappa shape index (κ2) is 5.19. The Morgan fingerprint density at radius 2 is 1.94 bits per heavy atom. The number of nitrogens with zero attached hydrogens (tertiary/aromatic N) is 1. The van der Waals surface area contributed by atoms with Crippen LogP contribution in [-0.4, -0.2) is 12.7 Å². The summed E-state index contributed by atoms with van der Waals surface area (Å²) in [5.74, 6) is 0.803. The van der Waals surface area contributed by atoms with Gasteiger partial charge in [-0.15, -0.1) is 0 Å². The van der Waals surface area contributed by atoms with Gasteiger partial charge in [0, 0.05) is 7.11 Å². The third kappa shape index (κ3) is 3.49. The Bertz CT molecular complexity index is 256. The molecule has 1 rings (SSSR count). The molecule has 0 aromatic carbocycles. The Labute approximate surface area is 100.0 Å². The smallest absolute Gasteiger partial charge is 0.0689 e. The van der Waals surface area contributed by atoms with Gasteiger partial charge in [0.15, 0.2) is 0 Å². The summed E-state index contributed by atoms with van der Waals surface area (Å²) in [7, 11) is 1.75. The van der Waals surface area contributed by atoms with Crippen molar-refractivity contribution in [2.75, 3.05) is 7.11 Å². The first kappa shape index (κ1) is 13.5. The number of rotatable bonds is 4. The van der Waals surface area contributed by atoms with Gasteiger partial charge in [0.2, 0.25) is 0 Å². The van der Waals surface area contributed by atoms with Crippen molar-refractivity contribution in [2.24, 2.45) is 11.3 Å². The fourth-order valence-electron chi connectivity index (χ4n) is 2.37. The molecule has 0 spiro atoms. The van der Waals surface area contributed by atoms with E-state index in [0.717, 1.165) is 31.6 Å². The van der Waals surface area contributed by atoms with E-state index in [0.29, 0.717) is 0 Å².